The molecule has 186 valence electrons. The van der Waals surface area contributed by atoms with Gasteiger partial charge in [-0.3, -0.25) is 19.5 Å². The van der Waals surface area contributed by atoms with Crippen molar-refractivity contribution < 1.29 is 18.5 Å². The lowest BCUT2D eigenvalue weighted by Gasteiger charge is -2.14. The van der Waals surface area contributed by atoms with Crippen LogP contribution in [-0.2, 0) is 16.0 Å². The second-order valence-corrected chi connectivity index (χ2v) is 9.12. The van der Waals surface area contributed by atoms with E-state index in [2.05, 4.69) is 5.10 Å². The van der Waals surface area contributed by atoms with Gasteiger partial charge in [-0.2, -0.15) is 4.57 Å². The lowest BCUT2D eigenvalue weighted by atomic mass is 10.0. The predicted molar refractivity (Wildman–Crippen MR) is 138 cm³/mol. The van der Waals surface area contributed by atoms with Gasteiger partial charge in [0, 0.05) is 17.8 Å². The van der Waals surface area contributed by atoms with E-state index < -0.39 is 23.2 Å². The SMILES string of the molecule is CCCc1[nH]n(-c2ccc(F)cc2)c(=O)c1C1=C([n+]2ccc(C)cc2)C(=O)N(c2ccc(C)cc2)C1=O. The number of amides is 2. The van der Waals surface area contributed by atoms with Gasteiger partial charge >= 0.3 is 5.91 Å². The molecule has 0 atom stereocenters. The van der Waals surface area contributed by atoms with Crippen LogP contribution in [0.3, 0.4) is 0 Å². The number of aromatic amines is 1. The normalized spacial score (nSPS) is 13.7. The van der Waals surface area contributed by atoms with E-state index in [4.69, 9.17) is 0 Å². The van der Waals surface area contributed by atoms with Crippen LogP contribution >= 0.6 is 0 Å². The lowest BCUT2D eigenvalue weighted by molar-refractivity contribution is -0.576. The number of rotatable bonds is 6. The first-order chi connectivity index (χ1) is 17.8. The number of hydrogen-bond donors (Lipinski definition) is 1. The zero-order valence-electron chi connectivity index (χ0n) is 20.8. The number of benzene rings is 2. The molecular formula is C29H26FN4O3+. The van der Waals surface area contributed by atoms with Crippen molar-refractivity contribution in [2.45, 2.75) is 33.6 Å². The molecule has 2 aromatic carbocycles. The number of aromatic nitrogens is 3. The summed E-state index contributed by atoms with van der Waals surface area (Å²) >= 11 is 0. The maximum atomic E-state index is 14.0. The Labute approximate surface area is 213 Å². The Kier molecular flexibility index (Phi) is 6.17. The first-order valence-electron chi connectivity index (χ1n) is 12.1. The third-order valence-corrected chi connectivity index (χ3v) is 6.41. The summed E-state index contributed by atoms with van der Waals surface area (Å²) < 4.78 is 16.4. The highest BCUT2D eigenvalue weighted by Crippen LogP contribution is 2.33. The Hall–Kier alpha value is -4.59. The van der Waals surface area contributed by atoms with E-state index in [0.29, 0.717) is 29.9 Å². The van der Waals surface area contributed by atoms with Gasteiger partial charge in [-0.15, -0.1) is 0 Å². The zero-order chi connectivity index (χ0) is 26.3. The molecule has 5 rings (SSSR count). The molecule has 0 aliphatic carbocycles. The molecule has 8 heteroatoms. The minimum atomic E-state index is -0.573. The van der Waals surface area contributed by atoms with Gasteiger partial charge in [0.1, 0.15) is 11.4 Å². The molecule has 0 saturated carbocycles. The smallest absolute Gasteiger partial charge is 0.294 e. The summed E-state index contributed by atoms with van der Waals surface area (Å²) in [6.45, 7) is 5.80. The Morgan fingerprint density at radius 1 is 0.811 bits per heavy atom. The summed E-state index contributed by atoms with van der Waals surface area (Å²) in [6.07, 6.45) is 4.58. The molecule has 37 heavy (non-hydrogen) atoms. The minimum absolute atomic E-state index is 0.0324. The number of nitrogens with zero attached hydrogens (tertiary/aromatic N) is 3. The van der Waals surface area contributed by atoms with Gasteiger partial charge in [-0.1, -0.05) is 31.0 Å². The highest BCUT2D eigenvalue weighted by molar-refractivity contribution is 6.53. The maximum Gasteiger partial charge on any atom is 0.331 e. The second kappa shape index (κ2) is 9.46. The van der Waals surface area contributed by atoms with Gasteiger partial charge < -0.3 is 0 Å². The van der Waals surface area contributed by atoms with Crippen molar-refractivity contribution in [1.29, 1.82) is 0 Å². The highest BCUT2D eigenvalue weighted by atomic mass is 19.1. The van der Waals surface area contributed by atoms with Crippen LogP contribution in [0.5, 0.6) is 0 Å². The Bertz CT molecular complexity index is 1600. The molecule has 0 spiro atoms. The maximum absolute atomic E-state index is 14.0. The summed E-state index contributed by atoms with van der Waals surface area (Å²) in [5, 5.41) is 3.10. The number of carbonyl (C=O) groups excluding carboxylic acids is 2. The predicted octanol–water partition coefficient (Wildman–Crippen LogP) is 4.10. The first-order valence-corrected chi connectivity index (χ1v) is 12.1. The molecule has 2 amide bonds. The second-order valence-electron chi connectivity index (χ2n) is 9.12. The van der Waals surface area contributed by atoms with Gasteiger partial charge in [-0.25, -0.2) is 14.0 Å². The van der Waals surface area contributed by atoms with Gasteiger partial charge in [-0.05, 0) is 62.2 Å². The average molecular weight is 498 g/mol. The monoisotopic (exact) mass is 497 g/mol. The van der Waals surface area contributed by atoms with E-state index in [0.717, 1.165) is 16.0 Å². The topological polar surface area (TPSA) is 79.1 Å². The molecule has 0 radical (unpaired) electrons. The van der Waals surface area contributed by atoms with Crippen LogP contribution in [0, 0.1) is 19.7 Å². The van der Waals surface area contributed by atoms with Crippen LogP contribution in [0.1, 0.15) is 35.7 Å². The first kappa shape index (κ1) is 24.1. The molecule has 2 aromatic heterocycles. The van der Waals surface area contributed by atoms with Gasteiger partial charge in [0.05, 0.1) is 16.9 Å². The molecule has 1 aliphatic heterocycles. The molecule has 3 heterocycles. The Balaban J connectivity index is 1.77. The molecule has 0 bridgehead atoms. The molecule has 1 aliphatic rings. The fourth-order valence-electron chi connectivity index (χ4n) is 4.50. The van der Waals surface area contributed by atoms with Crippen LogP contribution in [0.2, 0.25) is 0 Å². The van der Waals surface area contributed by atoms with E-state index in [9.17, 15) is 18.8 Å². The standard InChI is InChI=1S/C29H25FN4O3/c1-4-5-23-24(28(36)34(31-23)22-12-8-20(30)9-13-22)25-26(32-16-14-19(3)15-17-32)29(37)33(27(25)35)21-10-6-18(2)7-11-21/h6-17H,4-5H2,1-3H3/p+1. The number of carbonyl (C=O) groups is 2. The third kappa shape index (κ3) is 4.20. The van der Waals surface area contributed by atoms with E-state index in [1.54, 1.807) is 29.1 Å². The number of aryl methyl sites for hydroxylation is 3. The van der Waals surface area contributed by atoms with Crippen molar-refractivity contribution in [3.63, 3.8) is 0 Å². The molecule has 0 saturated heterocycles. The zero-order valence-corrected chi connectivity index (χ0v) is 20.8. The van der Waals surface area contributed by atoms with Crippen LogP contribution in [-0.4, -0.2) is 21.6 Å². The molecule has 4 aromatic rings. The Morgan fingerprint density at radius 3 is 2.03 bits per heavy atom. The van der Waals surface area contributed by atoms with Crippen molar-refractivity contribution in [1.82, 2.24) is 9.78 Å². The molecule has 7 nitrogen and oxygen atoms in total. The van der Waals surface area contributed by atoms with Crippen LogP contribution in [0.15, 0.2) is 77.9 Å². The number of pyridine rings is 1. The highest BCUT2D eigenvalue weighted by Gasteiger charge is 2.48. The minimum Gasteiger partial charge on any atom is -0.294 e. The van der Waals surface area contributed by atoms with Crippen molar-refractivity contribution in [2.24, 2.45) is 0 Å². The van der Waals surface area contributed by atoms with E-state index >= 15 is 0 Å². The largest absolute Gasteiger partial charge is 0.331 e. The third-order valence-electron chi connectivity index (χ3n) is 6.41. The van der Waals surface area contributed by atoms with E-state index in [1.807, 2.05) is 45.0 Å². The summed E-state index contributed by atoms with van der Waals surface area (Å²) in [4.78, 5) is 42.7. The number of hydrogen-bond acceptors (Lipinski definition) is 3. The molecule has 1 N–H and O–H groups in total. The fourth-order valence-corrected chi connectivity index (χ4v) is 4.50. The molecule has 0 fully saturated rings. The van der Waals surface area contributed by atoms with E-state index in [1.165, 1.54) is 28.9 Å². The van der Waals surface area contributed by atoms with Gasteiger partial charge in [0.2, 0.25) is 0 Å². The van der Waals surface area contributed by atoms with Crippen LogP contribution in [0.4, 0.5) is 10.1 Å². The summed E-state index contributed by atoms with van der Waals surface area (Å²) in [5.41, 5.74) is 3.14. The average Bonchev–Trinajstić information content (AvgIpc) is 3.33. The van der Waals surface area contributed by atoms with E-state index in [-0.39, 0.29) is 16.8 Å². The number of halogens is 1. The number of imide groups is 1. The van der Waals surface area contributed by atoms with Gasteiger partial charge in [0.15, 0.2) is 12.4 Å². The molecule has 0 unspecified atom stereocenters. The summed E-state index contributed by atoms with van der Waals surface area (Å²) in [5.74, 6) is -1.52. The van der Waals surface area contributed by atoms with Crippen molar-refractivity contribution >= 4 is 28.8 Å². The van der Waals surface area contributed by atoms with Crippen LogP contribution < -0.4 is 15.0 Å². The number of H-pyrrole nitrogens is 1. The Morgan fingerprint density at radius 2 is 1.41 bits per heavy atom. The van der Waals surface area contributed by atoms with Crippen molar-refractivity contribution in [3.8, 4) is 5.69 Å². The quantitative estimate of drug-likeness (QED) is 0.322. The van der Waals surface area contributed by atoms with Crippen molar-refractivity contribution in [3.05, 3.63) is 112 Å². The lowest BCUT2D eigenvalue weighted by Crippen LogP contribution is -2.39. The summed E-state index contributed by atoms with van der Waals surface area (Å²) in [7, 11) is 0. The van der Waals surface area contributed by atoms with Crippen LogP contribution in [0.25, 0.3) is 17.0 Å². The summed E-state index contributed by atoms with van der Waals surface area (Å²) in [6, 6.07) is 16.2. The fraction of sp³-hybridized carbons (Fsp3) is 0.172. The number of nitrogens with one attached hydrogen (secondary N) is 1. The van der Waals surface area contributed by atoms with Crippen molar-refractivity contribution in [2.75, 3.05) is 4.90 Å². The number of anilines is 1. The molecular weight excluding hydrogens is 471 g/mol. The van der Waals surface area contributed by atoms with Gasteiger partial charge in [0.25, 0.3) is 17.2 Å².